The Morgan fingerprint density at radius 3 is 2.69 bits per heavy atom. The van der Waals surface area contributed by atoms with Crippen LogP contribution in [0.4, 0.5) is 5.69 Å². The molecule has 3 aromatic rings. The molecule has 2 aromatic heterocycles. The fraction of sp³-hybridized carbons (Fsp3) is 0.472. The van der Waals surface area contributed by atoms with E-state index in [2.05, 4.69) is 26.7 Å². The summed E-state index contributed by atoms with van der Waals surface area (Å²) in [6.07, 6.45) is 11.3. The number of nitrogens with zero attached hydrogens (tertiary/aromatic N) is 3. The van der Waals surface area contributed by atoms with Crippen molar-refractivity contribution >= 4 is 45.8 Å². The van der Waals surface area contributed by atoms with Crippen molar-refractivity contribution in [2.45, 2.75) is 75.6 Å². The van der Waals surface area contributed by atoms with Gasteiger partial charge in [-0.15, -0.1) is 0 Å². The number of carbonyl (C=O) groups is 3. The molecule has 0 bridgehead atoms. The third-order valence-electron chi connectivity index (χ3n) is 9.44. The summed E-state index contributed by atoms with van der Waals surface area (Å²) in [5, 5.41) is 8.29. The number of hydrogen-bond donors (Lipinski definition) is 2. The minimum atomic E-state index is -1.17. The Balaban J connectivity index is 1.33. The largest absolute Gasteiger partial charge is 0.494 e. The summed E-state index contributed by atoms with van der Waals surface area (Å²) >= 11 is 6.35. The first kappa shape index (κ1) is 34.3. The van der Waals surface area contributed by atoms with E-state index in [4.69, 9.17) is 30.5 Å². The second kappa shape index (κ2) is 14.9. The number of ether oxygens (including phenoxy) is 4. The number of fused-ring (bicyclic) bond motifs is 3. The van der Waals surface area contributed by atoms with Gasteiger partial charge in [0.1, 0.15) is 29.5 Å². The Bertz CT molecular complexity index is 1720. The minimum Gasteiger partial charge on any atom is -0.494 e. The number of rotatable bonds is 8. The van der Waals surface area contributed by atoms with E-state index in [0.29, 0.717) is 46.4 Å². The zero-order valence-electron chi connectivity index (χ0n) is 27.9. The summed E-state index contributed by atoms with van der Waals surface area (Å²) in [5.74, 6) is -0.00151. The molecule has 1 saturated carbocycles. The normalized spacial score (nSPS) is 26.3. The molecule has 2 N–H and O–H groups in total. The molecule has 260 valence electrons. The molecule has 49 heavy (non-hydrogen) atoms. The van der Waals surface area contributed by atoms with Crippen molar-refractivity contribution in [2.75, 3.05) is 32.7 Å². The molecule has 2 fully saturated rings. The number of anilines is 1. The van der Waals surface area contributed by atoms with Crippen molar-refractivity contribution in [3.63, 3.8) is 0 Å². The first-order valence-corrected chi connectivity index (χ1v) is 17.2. The molecule has 1 saturated heterocycles. The number of allylic oxidation sites excluding steroid dienone is 1. The van der Waals surface area contributed by atoms with Crippen LogP contribution >= 0.6 is 11.6 Å². The van der Waals surface area contributed by atoms with Crippen molar-refractivity contribution < 1.29 is 33.3 Å². The topological polar surface area (TPSA) is 141 Å². The number of pyridine rings is 2. The van der Waals surface area contributed by atoms with Gasteiger partial charge in [0.05, 0.1) is 45.5 Å². The molecule has 4 heterocycles. The number of nitrogens with one attached hydrogen (secondary N) is 2. The van der Waals surface area contributed by atoms with Crippen LogP contribution < -0.4 is 24.8 Å². The fourth-order valence-corrected chi connectivity index (χ4v) is 6.93. The Labute approximate surface area is 290 Å². The third kappa shape index (κ3) is 7.39. The summed E-state index contributed by atoms with van der Waals surface area (Å²) < 4.78 is 22.6. The number of hydrogen-bond acceptors (Lipinski definition) is 10. The first-order valence-electron chi connectivity index (χ1n) is 16.8. The summed E-state index contributed by atoms with van der Waals surface area (Å²) in [6, 6.07) is 7.32. The Morgan fingerprint density at radius 1 is 1.08 bits per heavy atom. The molecule has 12 nitrogen and oxygen atoms in total. The van der Waals surface area contributed by atoms with Crippen molar-refractivity contribution in [3.8, 4) is 17.5 Å². The molecule has 2 amide bonds. The molecule has 0 radical (unpaired) electrons. The van der Waals surface area contributed by atoms with Gasteiger partial charge in [0.15, 0.2) is 0 Å². The van der Waals surface area contributed by atoms with Crippen LogP contribution in [0.2, 0.25) is 5.02 Å². The van der Waals surface area contributed by atoms with E-state index >= 15 is 0 Å². The smallest absolute Gasteiger partial charge is 0.332 e. The fourth-order valence-electron chi connectivity index (χ4n) is 6.76. The van der Waals surface area contributed by atoms with Gasteiger partial charge in [-0.25, -0.2) is 14.8 Å². The number of halogens is 1. The lowest BCUT2D eigenvalue weighted by molar-refractivity contribution is -0.150. The average molecular weight is 692 g/mol. The second-order valence-corrected chi connectivity index (χ2v) is 13.1. The van der Waals surface area contributed by atoms with E-state index in [1.54, 1.807) is 62.7 Å². The summed E-state index contributed by atoms with van der Waals surface area (Å²) in [6.45, 7) is 2.06. The predicted octanol–water partition coefficient (Wildman–Crippen LogP) is 5.09. The molecule has 13 heteroatoms. The number of amides is 2. The standard InChI is InChI=1S/C36H42ClN5O7/c1-4-48-35(45)36-18-22(36)10-8-6-5-7-9-11-28(40-24-13-15-31(47-3)38-19-24)34(44)42-21-25(17-29(42)32(43)41-36)49-33-27-16-23(37)12-14-26(27)30(46-2)20-39-33/h8,10,12-16,19-20,22,25,28-29,40H,4-7,9,11,17-18,21H2,1-3H3,(H,41,43)/b10-8-/t22-,25-,28+,29+,36-/m1/s1. The van der Waals surface area contributed by atoms with Crippen LogP contribution in [0.3, 0.4) is 0 Å². The Morgan fingerprint density at radius 2 is 1.94 bits per heavy atom. The summed E-state index contributed by atoms with van der Waals surface area (Å²) in [4.78, 5) is 52.3. The average Bonchev–Trinajstić information content (AvgIpc) is 3.63. The van der Waals surface area contributed by atoms with Gasteiger partial charge in [-0.2, -0.15) is 0 Å². The van der Waals surface area contributed by atoms with Crippen LogP contribution in [-0.4, -0.2) is 83.7 Å². The van der Waals surface area contributed by atoms with E-state index < -0.39 is 35.6 Å². The highest BCUT2D eigenvalue weighted by atomic mass is 35.5. The summed E-state index contributed by atoms with van der Waals surface area (Å²) in [5.41, 5.74) is -0.519. The van der Waals surface area contributed by atoms with Gasteiger partial charge < -0.3 is 34.5 Å². The third-order valence-corrected chi connectivity index (χ3v) is 9.68. The second-order valence-electron chi connectivity index (χ2n) is 12.6. The molecule has 1 aromatic carbocycles. The molecule has 2 aliphatic heterocycles. The molecule has 5 atom stereocenters. The van der Waals surface area contributed by atoms with Gasteiger partial charge in [0, 0.05) is 34.2 Å². The lowest BCUT2D eigenvalue weighted by atomic mass is 10.0. The maximum absolute atomic E-state index is 14.5. The molecule has 6 rings (SSSR count). The number of benzene rings is 1. The zero-order valence-corrected chi connectivity index (χ0v) is 28.7. The lowest BCUT2D eigenvalue weighted by Gasteiger charge is -2.30. The molecule has 0 unspecified atom stereocenters. The Kier molecular flexibility index (Phi) is 10.4. The predicted molar refractivity (Wildman–Crippen MR) is 184 cm³/mol. The van der Waals surface area contributed by atoms with E-state index in [9.17, 15) is 14.4 Å². The maximum atomic E-state index is 14.5. The highest BCUT2D eigenvalue weighted by molar-refractivity contribution is 6.31. The van der Waals surface area contributed by atoms with Gasteiger partial charge in [0.2, 0.25) is 23.6 Å². The van der Waals surface area contributed by atoms with Crippen LogP contribution in [0.15, 0.2) is 54.9 Å². The summed E-state index contributed by atoms with van der Waals surface area (Å²) in [7, 11) is 3.10. The van der Waals surface area contributed by atoms with Crippen LogP contribution in [0, 0.1) is 5.92 Å². The van der Waals surface area contributed by atoms with E-state index in [1.807, 2.05) is 12.1 Å². The van der Waals surface area contributed by atoms with E-state index in [1.165, 1.54) is 0 Å². The van der Waals surface area contributed by atoms with Gasteiger partial charge in [-0.1, -0.05) is 36.6 Å². The monoisotopic (exact) mass is 691 g/mol. The van der Waals surface area contributed by atoms with Crippen LogP contribution in [0.1, 0.15) is 51.9 Å². The maximum Gasteiger partial charge on any atom is 0.332 e. The van der Waals surface area contributed by atoms with Crippen LogP contribution in [0.5, 0.6) is 17.5 Å². The van der Waals surface area contributed by atoms with E-state index in [0.717, 1.165) is 31.1 Å². The number of aromatic nitrogens is 2. The van der Waals surface area contributed by atoms with Gasteiger partial charge >= 0.3 is 5.97 Å². The SMILES string of the molecule is CCOC(=O)[C@@]12C[C@H]1/C=C\CCCCC[C@H](Nc1ccc(OC)nc1)C(=O)N1C[C@H](Oc3ncc(OC)c4ccc(Cl)cc34)C[C@H]1C(=O)N2. The quantitative estimate of drug-likeness (QED) is 0.243. The van der Waals surface area contributed by atoms with Crippen molar-refractivity contribution in [3.05, 3.63) is 59.9 Å². The van der Waals surface area contributed by atoms with Crippen molar-refractivity contribution in [2.24, 2.45) is 5.92 Å². The minimum absolute atomic E-state index is 0.126. The van der Waals surface area contributed by atoms with Crippen molar-refractivity contribution in [1.29, 1.82) is 0 Å². The molecule has 0 spiro atoms. The number of methoxy groups -OCH3 is 2. The first-order chi connectivity index (χ1) is 23.8. The molecular weight excluding hydrogens is 650 g/mol. The van der Waals surface area contributed by atoms with Gasteiger partial charge in [-0.3, -0.25) is 9.59 Å². The number of esters is 1. The number of carbonyl (C=O) groups excluding carboxylic acids is 3. The van der Waals surface area contributed by atoms with Crippen molar-refractivity contribution in [1.82, 2.24) is 20.2 Å². The Hall–Kier alpha value is -4.58. The molecule has 3 aliphatic rings. The molecular formula is C36H42ClN5O7. The zero-order chi connectivity index (χ0) is 34.5. The van der Waals surface area contributed by atoms with E-state index in [-0.39, 0.29) is 31.4 Å². The molecule has 1 aliphatic carbocycles. The van der Waals surface area contributed by atoms with Crippen LogP contribution in [0.25, 0.3) is 10.8 Å². The van der Waals surface area contributed by atoms with Gasteiger partial charge in [0.25, 0.3) is 0 Å². The van der Waals surface area contributed by atoms with Crippen LogP contribution in [-0.2, 0) is 19.1 Å². The lowest BCUT2D eigenvalue weighted by Crippen LogP contribution is -2.55. The highest BCUT2D eigenvalue weighted by Crippen LogP contribution is 2.46. The highest BCUT2D eigenvalue weighted by Gasteiger charge is 2.62. The van der Waals surface area contributed by atoms with Gasteiger partial charge in [-0.05, 0) is 56.9 Å².